The fourth-order valence-corrected chi connectivity index (χ4v) is 2.32. The first kappa shape index (κ1) is 15.5. The van der Waals surface area contributed by atoms with Crippen molar-refractivity contribution < 1.29 is 0 Å². The number of nitrogens with one attached hydrogen (secondary N) is 1. The number of aryl methyl sites for hydroxylation is 1. The maximum atomic E-state index is 4.58. The van der Waals surface area contributed by atoms with Gasteiger partial charge in [-0.05, 0) is 51.3 Å². The Morgan fingerprint density at radius 2 is 1.86 bits per heavy atom. The Kier molecular flexibility index (Phi) is 4.97. The zero-order valence-corrected chi connectivity index (χ0v) is 13.9. The summed E-state index contributed by atoms with van der Waals surface area (Å²) in [4.78, 5) is 1.23. The number of thiophene rings is 1. The molecular formula is C18H22N2S. The van der Waals surface area contributed by atoms with E-state index >= 15 is 0 Å². The average Bonchev–Trinajstić information content (AvgIpc) is 2.92. The van der Waals surface area contributed by atoms with Crippen LogP contribution in [0.15, 0.2) is 53.0 Å². The summed E-state index contributed by atoms with van der Waals surface area (Å²) < 4.78 is 0. The predicted molar refractivity (Wildman–Crippen MR) is 94.0 cm³/mol. The summed E-state index contributed by atoms with van der Waals surface area (Å²) in [6.07, 6.45) is 4.17. The summed E-state index contributed by atoms with van der Waals surface area (Å²) in [6.45, 7) is 8.40. The summed E-state index contributed by atoms with van der Waals surface area (Å²) in [5.74, 6) is 0. The van der Waals surface area contributed by atoms with E-state index in [0.717, 1.165) is 11.3 Å². The molecule has 0 saturated heterocycles. The number of hydrazone groups is 1. The highest BCUT2D eigenvalue weighted by atomic mass is 32.1. The van der Waals surface area contributed by atoms with Crippen molar-refractivity contribution in [2.24, 2.45) is 5.10 Å². The van der Waals surface area contributed by atoms with Crippen LogP contribution < -0.4 is 5.43 Å². The monoisotopic (exact) mass is 298 g/mol. The Hall–Kier alpha value is -1.87. The molecule has 1 aromatic heterocycles. The zero-order chi connectivity index (χ0) is 15.3. The number of nitrogens with zero attached hydrogens (tertiary/aromatic N) is 1. The highest BCUT2D eigenvalue weighted by molar-refractivity contribution is 7.10. The second-order valence-corrected chi connectivity index (χ2v) is 7.05. The van der Waals surface area contributed by atoms with Crippen LogP contribution >= 0.6 is 11.3 Å². The molecule has 2 nitrogen and oxygen atoms in total. The first-order valence-corrected chi connectivity index (χ1v) is 7.95. The van der Waals surface area contributed by atoms with Crippen molar-refractivity contribution in [3.63, 3.8) is 0 Å². The molecule has 0 spiro atoms. The molecular weight excluding hydrogens is 276 g/mol. The van der Waals surface area contributed by atoms with Gasteiger partial charge in [-0.2, -0.15) is 5.10 Å². The minimum atomic E-state index is -0.0489. The Morgan fingerprint density at radius 3 is 2.43 bits per heavy atom. The lowest BCUT2D eigenvalue weighted by atomic mass is 10.1. The summed E-state index contributed by atoms with van der Waals surface area (Å²) in [5, 5.41) is 6.66. The smallest absolute Gasteiger partial charge is 0.0902 e. The van der Waals surface area contributed by atoms with Crippen molar-refractivity contribution in [2.75, 3.05) is 0 Å². The van der Waals surface area contributed by atoms with Crippen LogP contribution in [0, 0.1) is 6.92 Å². The number of hydrogen-bond acceptors (Lipinski definition) is 3. The molecule has 0 bridgehead atoms. The molecule has 1 aromatic carbocycles. The number of rotatable bonds is 4. The number of hydrogen-bond donors (Lipinski definition) is 1. The Morgan fingerprint density at radius 1 is 1.14 bits per heavy atom. The molecule has 0 aliphatic carbocycles. The second kappa shape index (κ2) is 6.72. The zero-order valence-electron chi connectivity index (χ0n) is 13.1. The van der Waals surface area contributed by atoms with Gasteiger partial charge in [0, 0.05) is 16.0 Å². The lowest BCUT2D eigenvalue weighted by Gasteiger charge is -2.18. The molecule has 1 N–H and O–H groups in total. The summed E-state index contributed by atoms with van der Waals surface area (Å²) in [5.41, 5.74) is 6.47. The molecule has 0 radical (unpaired) electrons. The minimum absolute atomic E-state index is 0.0489. The van der Waals surface area contributed by atoms with Crippen molar-refractivity contribution in [3.8, 4) is 0 Å². The predicted octanol–water partition coefficient (Wildman–Crippen LogP) is 4.86. The van der Waals surface area contributed by atoms with Gasteiger partial charge in [0.15, 0.2) is 0 Å². The van der Waals surface area contributed by atoms with E-state index in [0.29, 0.717) is 0 Å². The van der Waals surface area contributed by atoms with Gasteiger partial charge in [0.25, 0.3) is 0 Å². The largest absolute Gasteiger partial charge is 0.304 e. The molecule has 1 heterocycles. The summed E-state index contributed by atoms with van der Waals surface area (Å²) in [6, 6.07) is 12.6. The molecule has 2 rings (SSSR count). The average molecular weight is 298 g/mol. The molecule has 0 aliphatic rings. The molecule has 0 amide bonds. The third-order valence-corrected chi connectivity index (χ3v) is 3.65. The highest BCUT2D eigenvalue weighted by Crippen LogP contribution is 2.13. The van der Waals surface area contributed by atoms with Crippen molar-refractivity contribution in [3.05, 3.63) is 63.9 Å². The molecule has 21 heavy (non-hydrogen) atoms. The van der Waals surface area contributed by atoms with Gasteiger partial charge >= 0.3 is 0 Å². The van der Waals surface area contributed by atoms with Gasteiger partial charge in [0.2, 0.25) is 0 Å². The maximum Gasteiger partial charge on any atom is 0.0902 e. The third-order valence-electron chi connectivity index (χ3n) is 2.81. The van der Waals surface area contributed by atoms with E-state index in [1.54, 1.807) is 11.3 Å². The minimum Gasteiger partial charge on any atom is -0.304 e. The summed E-state index contributed by atoms with van der Waals surface area (Å²) >= 11 is 1.72. The van der Waals surface area contributed by atoms with Crippen molar-refractivity contribution in [2.45, 2.75) is 33.2 Å². The van der Waals surface area contributed by atoms with Gasteiger partial charge in [-0.3, -0.25) is 0 Å². The van der Waals surface area contributed by atoms with Crippen LogP contribution in [0.5, 0.6) is 0 Å². The highest BCUT2D eigenvalue weighted by Gasteiger charge is 2.08. The van der Waals surface area contributed by atoms with E-state index in [1.807, 2.05) is 0 Å². The van der Waals surface area contributed by atoms with Crippen LogP contribution in [-0.2, 0) is 0 Å². The fraction of sp³-hybridized carbons (Fsp3) is 0.278. The van der Waals surface area contributed by atoms with Crippen LogP contribution in [0.25, 0.3) is 6.08 Å². The van der Waals surface area contributed by atoms with Gasteiger partial charge < -0.3 is 5.43 Å². The van der Waals surface area contributed by atoms with Crippen molar-refractivity contribution >= 4 is 23.1 Å². The van der Waals surface area contributed by atoms with Gasteiger partial charge in [-0.15, -0.1) is 11.3 Å². The van der Waals surface area contributed by atoms with Crippen LogP contribution in [0.2, 0.25) is 0 Å². The van der Waals surface area contributed by atoms with E-state index in [-0.39, 0.29) is 5.54 Å². The van der Waals surface area contributed by atoms with Crippen molar-refractivity contribution in [1.29, 1.82) is 0 Å². The van der Waals surface area contributed by atoms with Gasteiger partial charge in [0.05, 0.1) is 5.71 Å². The molecule has 0 unspecified atom stereocenters. The lowest BCUT2D eigenvalue weighted by Crippen LogP contribution is -2.32. The van der Waals surface area contributed by atoms with E-state index in [2.05, 4.69) is 92.2 Å². The standard InChI is InChI=1S/C18H22N2S/c1-14-7-9-15(10-8-14)17(19-20-18(2,3)4)12-11-16-6-5-13-21-16/h5-13,20H,1-4H3/b12-11+,19-17+. The van der Waals surface area contributed by atoms with Gasteiger partial charge in [0.1, 0.15) is 0 Å². The molecule has 110 valence electrons. The van der Waals surface area contributed by atoms with E-state index in [9.17, 15) is 0 Å². The van der Waals surface area contributed by atoms with E-state index in [1.165, 1.54) is 10.4 Å². The molecule has 0 aliphatic heterocycles. The van der Waals surface area contributed by atoms with E-state index in [4.69, 9.17) is 0 Å². The Bertz CT molecular complexity index is 614. The van der Waals surface area contributed by atoms with Crippen LogP contribution in [0.4, 0.5) is 0 Å². The molecule has 0 atom stereocenters. The van der Waals surface area contributed by atoms with Gasteiger partial charge in [-0.25, -0.2) is 0 Å². The second-order valence-electron chi connectivity index (χ2n) is 6.07. The number of benzene rings is 1. The normalized spacial score (nSPS) is 12.9. The van der Waals surface area contributed by atoms with Gasteiger partial charge in [-0.1, -0.05) is 35.9 Å². The van der Waals surface area contributed by atoms with Crippen molar-refractivity contribution in [1.82, 2.24) is 5.43 Å². The Labute approximate surface area is 131 Å². The van der Waals surface area contributed by atoms with E-state index < -0.39 is 0 Å². The maximum absolute atomic E-state index is 4.58. The SMILES string of the molecule is Cc1ccc(C(/C=C/c2cccs2)=N/NC(C)(C)C)cc1. The number of allylic oxidation sites excluding steroid dienone is 1. The first-order chi connectivity index (χ1) is 9.94. The van der Waals surface area contributed by atoms with Crippen LogP contribution in [0.3, 0.4) is 0 Å². The fourth-order valence-electron chi connectivity index (χ4n) is 1.70. The molecule has 0 saturated carbocycles. The summed E-state index contributed by atoms with van der Waals surface area (Å²) in [7, 11) is 0. The quantitative estimate of drug-likeness (QED) is 0.632. The van der Waals surface area contributed by atoms with Crippen LogP contribution in [-0.4, -0.2) is 11.3 Å². The molecule has 3 heteroatoms. The Balaban J connectivity index is 2.27. The van der Waals surface area contributed by atoms with Crippen LogP contribution in [0.1, 0.15) is 36.8 Å². The first-order valence-electron chi connectivity index (χ1n) is 7.07. The molecule has 0 fully saturated rings. The third kappa shape index (κ3) is 5.20. The molecule has 2 aromatic rings. The lowest BCUT2D eigenvalue weighted by molar-refractivity contribution is 0.441. The topological polar surface area (TPSA) is 24.4 Å².